The van der Waals surface area contributed by atoms with Gasteiger partial charge in [-0.3, -0.25) is 0 Å². The summed E-state index contributed by atoms with van der Waals surface area (Å²) in [5.41, 5.74) is 2.89. The summed E-state index contributed by atoms with van der Waals surface area (Å²) in [6.45, 7) is 3.25. The fourth-order valence-corrected chi connectivity index (χ4v) is 2.81. The van der Waals surface area contributed by atoms with Crippen molar-refractivity contribution in [3.05, 3.63) is 35.4 Å². The molecule has 0 spiro atoms. The summed E-state index contributed by atoms with van der Waals surface area (Å²) in [5.74, 6) is 1.75. The fourth-order valence-electron chi connectivity index (χ4n) is 2.81. The first kappa shape index (κ1) is 16.2. The molecule has 1 aliphatic heterocycles. The molecule has 0 saturated heterocycles. The minimum absolute atomic E-state index is 0. The van der Waals surface area contributed by atoms with E-state index in [0.717, 1.165) is 24.6 Å². The van der Waals surface area contributed by atoms with Crippen LogP contribution in [-0.2, 0) is 6.54 Å². The Labute approximate surface area is 133 Å². The van der Waals surface area contributed by atoms with E-state index in [0.29, 0.717) is 13.2 Å². The third-order valence-electron chi connectivity index (χ3n) is 3.94. The predicted molar refractivity (Wildman–Crippen MR) is 87.6 cm³/mol. The van der Waals surface area contributed by atoms with Gasteiger partial charge in [0, 0.05) is 6.54 Å². The first-order chi connectivity index (χ1) is 9.92. The Balaban J connectivity index is 0.00000161. The Morgan fingerprint density at radius 1 is 1.05 bits per heavy atom. The van der Waals surface area contributed by atoms with Crippen LogP contribution >= 0.6 is 12.4 Å². The molecule has 2 aliphatic rings. The minimum Gasteiger partial charge on any atom is -0.486 e. The lowest BCUT2D eigenvalue weighted by Gasteiger charge is -2.19. The Hall–Kier alpha value is -1.19. The lowest BCUT2D eigenvalue weighted by Crippen LogP contribution is -2.17. The molecule has 116 valence electrons. The van der Waals surface area contributed by atoms with Crippen molar-refractivity contribution < 1.29 is 9.47 Å². The number of allylic oxidation sites excluding steroid dienone is 1. The molecule has 21 heavy (non-hydrogen) atoms. The molecule has 0 bridgehead atoms. The number of nitrogens with one attached hydrogen (secondary N) is 1. The summed E-state index contributed by atoms with van der Waals surface area (Å²) in [6.07, 6.45) is 8.92. The number of halogens is 1. The molecule has 0 radical (unpaired) electrons. The lowest BCUT2D eigenvalue weighted by atomic mass is 9.97. The maximum atomic E-state index is 5.60. The number of benzene rings is 1. The van der Waals surface area contributed by atoms with E-state index >= 15 is 0 Å². The molecule has 4 heteroatoms. The smallest absolute Gasteiger partial charge is 0.161 e. The SMILES string of the molecule is C1=C(CCNCc2ccc3c(c2)OCCO3)CCCC1.Cl. The third-order valence-corrected chi connectivity index (χ3v) is 3.94. The highest BCUT2D eigenvalue weighted by Gasteiger charge is 2.11. The van der Waals surface area contributed by atoms with Gasteiger partial charge in [-0.1, -0.05) is 17.7 Å². The van der Waals surface area contributed by atoms with Crippen LogP contribution in [0.5, 0.6) is 11.5 Å². The van der Waals surface area contributed by atoms with E-state index in [4.69, 9.17) is 9.47 Å². The number of fused-ring (bicyclic) bond motifs is 1. The molecule has 1 aliphatic carbocycles. The summed E-state index contributed by atoms with van der Waals surface area (Å²) in [4.78, 5) is 0. The Bertz CT molecular complexity index is 488. The molecule has 3 rings (SSSR count). The van der Waals surface area contributed by atoms with Crippen molar-refractivity contribution in [2.24, 2.45) is 0 Å². The number of ether oxygens (including phenoxy) is 2. The summed E-state index contributed by atoms with van der Waals surface area (Å²) in [7, 11) is 0. The van der Waals surface area contributed by atoms with Crippen molar-refractivity contribution in [1.29, 1.82) is 0 Å². The second-order valence-electron chi connectivity index (χ2n) is 5.51. The van der Waals surface area contributed by atoms with Crippen LogP contribution in [-0.4, -0.2) is 19.8 Å². The zero-order valence-corrected chi connectivity index (χ0v) is 13.2. The maximum Gasteiger partial charge on any atom is 0.161 e. The topological polar surface area (TPSA) is 30.5 Å². The third kappa shape index (κ3) is 4.65. The summed E-state index contributed by atoms with van der Waals surface area (Å²) < 4.78 is 11.1. The Morgan fingerprint density at radius 3 is 2.71 bits per heavy atom. The van der Waals surface area contributed by atoms with Crippen molar-refractivity contribution in [2.45, 2.75) is 38.6 Å². The van der Waals surface area contributed by atoms with Gasteiger partial charge in [0.2, 0.25) is 0 Å². The number of hydrogen-bond donors (Lipinski definition) is 1. The van der Waals surface area contributed by atoms with Crippen LogP contribution in [0.3, 0.4) is 0 Å². The molecule has 3 nitrogen and oxygen atoms in total. The Morgan fingerprint density at radius 2 is 1.90 bits per heavy atom. The molecule has 0 saturated carbocycles. The molecule has 0 amide bonds. The van der Waals surface area contributed by atoms with Crippen LogP contribution in [0.2, 0.25) is 0 Å². The molecule has 1 aromatic carbocycles. The van der Waals surface area contributed by atoms with Gasteiger partial charge in [-0.05, 0) is 56.3 Å². The van der Waals surface area contributed by atoms with Crippen molar-refractivity contribution in [1.82, 2.24) is 5.32 Å². The molecular formula is C17H24ClNO2. The van der Waals surface area contributed by atoms with Gasteiger partial charge in [-0.15, -0.1) is 12.4 Å². The van der Waals surface area contributed by atoms with E-state index in [1.807, 2.05) is 6.07 Å². The Kier molecular flexibility index (Phi) is 6.40. The first-order valence-electron chi connectivity index (χ1n) is 7.69. The molecule has 0 fully saturated rings. The van der Waals surface area contributed by atoms with Crippen LogP contribution in [0, 0.1) is 0 Å². The van der Waals surface area contributed by atoms with Gasteiger partial charge in [0.05, 0.1) is 0 Å². The van der Waals surface area contributed by atoms with Crippen molar-refractivity contribution >= 4 is 12.4 Å². The van der Waals surface area contributed by atoms with E-state index in [2.05, 4.69) is 23.5 Å². The lowest BCUT2D eigenvalue weighted by molar-refractivity contribution is 0.171. The zero-order valence-electron chi connectivity index (χ0n) is 12.4. The highest BCUT2D eigenvalue weighted by Crippen LogP contribution is 2.30. The van der Waals surface area contributed by atoms with Crippen molar-refractivity contribution in [2.75, 3.05) is 19.8 Å². The van der Waals surface area contributed by atoms with Gasteiger partial charge < -0.3 is 14.8 Å². The number of hydrogen-bond acceptors (Lipinski definition) is 3. The number of rotatable bonds is 5. The monoisotopic (exact) mass is 309 g/mol. The average molecular weight is 310 g/mol. The van der Waals surface area contributed by atoms with E-state index < -0.39 is 0 Å². The second-order valence-corrected chi connectivity index (χ2v) is 5.51. The normalized spacial score (nSPS) is 16.9. The molecular weight excluding hydrogens is 286 g/mol. The van der Waals surface area contributed by atoms with Crippen LogP contribution in [0.15, 0.2) is 29.8 Å². The average Bonchev–Trinajstić information content (AvgIpc) is 2.52. The van der Waals surface area contributed by atoms with Crippen molar-refractivity contribution in [3.63, 3.8) is 0 Å². The van der Waals surface area contributed by atoms with E-state index in [9.17, 15) is 0 Å². The van der Waals surface area contributed by atoms with Gasteiger partial charge in [0.1, 0.15) is 13.2 Å². The van der Waals surface area contributed by atoms with Gasteiger partial charge in [-0.25, -0.2) is 0 Å². The van der Waals surface area contributed by atoms with Crippen LogP contribution in [0.4, 0.5) is 0 Å². The van der Waals surface area contributed by atoms with Crippen LogP contribution < -0.4 is 14.8 Å². The van der Waals surface area contributed by atoms with Crippen LogP contribution in [0.25, 0.3) is 0 Å². The highest BCUT2D eigenvalue weighted by molar-refractivity contribution is 5.85. The molecule has 0 aromatic heterocycles. The fraction of sp³-hybridized carbons (Fsp3) is 0.529. The quantitative estimate of drug-likeness (QED) is 0.662. The van der Waals surface area contributed by atoms with E-state index in [1.165, 1.54) is 37.7 Å². The van der Waals surface area contributed by atoms with Gasteiger partial charge in [-0.2, -0.15) is 0 Å². The highest BCUT2D eigenvalue weighted by atomic mass is 35.5. The van der Waals surface area contributed by atoms with Gasteiger partial charge in [0.25, 0.3) is 0 Å². The molecule has 1 heterocycles. The molecule has 0 unspecified atom stereocenters. The standard InChI is InChI=1S/C17H23NO2.ClH/c1-2-4-14(5-3-1)8-9-18-13-15-6-7-16-17(12-15)20-11-10-19-16;/h4,6-7,12,18H,1-3,5,8-11,13H2;1H. The largest absolute Gasteiger partial charge is 0.486 e. The molecule has 0 atom stereocenters. The van der Waals surface area contributed by atoms with Crippen LogP contribution in [0.1, 0.15) is 37.7 Å². The summed E-state index contributed by atoms with van der Waals surface area (Å²) in [5, 5.41) is 3.52. The summed E-state index contributed by atoms with van der Waals surface area (Å²) in [6, 6.07) is 6.21. The zero-order chi connectivity index (χ0) is 13.6. The van der Waals surface area contributed by atoms with E-state index in [-0.39, 0.29) is 12.4 Å². The molecule has 1 aromatic rings. The molecule has 1 N–H and O–H groups in total. The second kappa shape index (κ2) is 8.30. The summed E-state index contributed by atoms with van der Waals surface area (Å²) >= 11 is 0. The minimum atomic E-state index is 0. The predicted octanol–water partition coefficient (Wildman–Crippen LogP) is 3.86. The maximum absolute atomic E-state index is 5.60. The first-order valence-corrected chi connectivity index (χ1v) is 7.69. The van der Waals surface area contributed by atoms with Crippen molar-refractivity contribution in [3.8, 4) is 11.5 Å². The van der Waals surface area contributed by atoms with E-state index in [1.54, 1.807) is 5.57 Å². The van der Waals surface area contributed by atoms with Gasteiger partial charge in [0.15, 0.2) is 11.5 Å². The van der Waals surface area contributed by atoms with Gasteiger partial charge >= 0.3 is 0 Å².